The third-order valence-electron chi connectivity index (χ3n) is 8.61. The number of amides is 1. The second-order valence-electron chi connectivity index (χ2n) is 11.7. The maximum absolute atomic E-state index is 14.2. The molecule has 1 amide bonds. The third-order valence-corrected chi connectivity index (χ3v) is 8.61. The first-order valence-corrected chi connectivity index (χ1v) is 16.2. The molecule has 46 heavy (non-hydrogen) atoms. The largest absolute Gasteiger partial charge is 0.370 e. The van der Waals surface area contributed by atoms with E-state index in [0.29, 0.717) is 26.1 Å². The first kappa shape index (κ1) is 34.3. The van der Waals surface area contributed by atoms with Crippen LogP contribution in [0, 0.1) is 0 Å². The summed E-state index contributed by atoms with van der Waals surface area (Å²) < 4.78 is 0. The van der Waals surface area contributed by atoms with E-state index in [0.717, 1.165) is 25.5 Å². The van der Waals surface area contributed by atoms with Gasteiger partial charge in [0.15, 0.2) is 5.96 Å². The van der Waals surface area contributed by atoms with Crippen LogP contribution in [-0.2, 0) is 16.0 Å². The van der Waals surface area contributed by atoms with E-state index < -0.39 is 0 Å². The van der Waals surface area contributed by atoms with E-state index in [9.17, 15) is 4.79 Å². The minimum Gasteiger partial charge on any atom is -0.370 e. The highest BCUT2D eigenvalue weighted by Gasteiger charge is 2.35. The molecule has 0 aromatic heterocycles. The lowest BCUT2D eigenvalue weighted by molar-refractivity contribution is -0.133. The Labute approximate surface area is 273 Å². The molecule has 0 saturated carbocycles. The Kier molecular flexibility index (Phi) is 13.3. The molecule has 8 heteroatoms. The van der Waals surface area contributed by atoms with Gasteiger partial charge in [0.2, 0.25) is 5.91 Å². The molecule has 0 unspecified atom stereocenters. The van der Waals surface area contributed by atoms with E-state index in [-0.39, 0.29) is 35.9 Å². The Morgan fingerprint density at radius 3 is 2.17 bits per heavy atom. The molecule has 5 rings (SSSR count). The summed E-state index contributed by atoms with van der Waals surface area (Å²) in [4.78, 5) is 29.2. The number of hydrogen-bond donors (Lipinski definition) is 4. The highest BCUT2D eigenvalue weighted by molar-refractivity contribution is 5.83. The van der Waals surface area contributed by atoms with Crippen molar-refractivity contribution in [1.82, 2.24) is 15.5 Å². The topological polar surface area (TPSA) is 126 Å². The van der Waals surface area contributed by atoms with Crippen molar-refractivity contribution in [2.45, 2.75) is 56.7 Å². The van der Waals surface area contributed by atoms with Gasteiger partial charge in [-0.25, -0.2) is 0 Å². The van der Waals surface area contributed by atoms with E-state index in [1.54, 1.807) is 0 Å². The summed E-state index contributed by atoms with van der Waals surface area (Å²) in [6.45, 7) is 3.26. The third kappa shape index (κ3) is 9.73. The van der Waals surface area contributed by atoms with E-state index in [1.165, 1.54) is 34.4 Å². The Bertz CT molecular complexity index is 1500. The number of hydrogen-bond acceptors (Lipinski definition) is 5. The number of aldehydes is 1. The second-order valence-corrected chi connectivity index (χ2v) is 11.7. The van der Waals surface area contributed by atoms with Crippen LogP contribution >= 0.6 is 0 Å². The minimum atomic E-state index is -0.318. The number of likely N-dealkylation sites (N-methyl/N-ethyl adjacent to an activating group) is 1. The number of guanidine groups is 1. The number of nitrogens with one attached hydrogen (secondary N) is 2. The highest BCUT2D eigenvalue weighted by Crippen LogP contribution is 2.28. The molecule has 0 spiro atoms. The standard InChI is InChI=1S/C36H44N6O.C2H4O/c1-39-34(24-26-18-19-27-11-8-9-16-30(27)23-26)32-20-22-42(35(43)33(41-32)17-10-21-40-36(37)38)25-31(28-12-4-2-5-13-28)29-14-6-3-7-15-29;1-2-3/h2-9,11-16,18-19,23,31-34,39,41H,10,17,20-22,24-25H2,1H3,(H4,37,38,40);2H,1H3/t32-,33-,34-;/m0./s1. The van der Waals surface area contributed by atoms with Gasteiger partial charge >= 0.3 is 0 Å². The van der Waals surface area contributed by atoms with Crippen molar-refractivity contribution in [2.75, 3.05) is 26.7 Å². The van der Waals surface area contributed by atoms with Gasteiger partial charge in [-0.2, -0.15) is 0 Å². The van der Waals surface area contributed by atoms with Crippen LogP contribution in [0.15, 0.2) is 108 Å². The average molecular weight is 621 g/mol. The van der Waals surface area contributed by atoms with Crippen LogP contribution in [-0.4, -0.2) is 67.9 Å². The van der Waals surface area contributed by atoms with E-state index in [2.05, 4.69) is 112 Å². The molecule has 8 nitrogen and oxygen atoms in total. The Morgan fingerprint density at radius 2 is 1.57 bits per heavy atom. The van der Waals surface area contributed by atoms with E-state index in [1.807, 2.05) is 19.2 Å². The number of aliphatic imine (C=N–C) groups is 1. The van der Waals surface area contributed by atoms with Crippen LogP contribution in [0.5, 0.6) is 0 Å². The van der Waals surface area contributed by atoms with Crippen molar-refractivity contribution in [3.63, 3.8) is 0 Å². The first-order chi connectivity index (χ1) is 22.4. The molecule has 242 valence electrons. The van der Waals surface area contributed by atoms with E-state index >= 15 is 0 Å². The summed E-state index contributed by atoms with van der Waals surface area (Å²) in [7, 11) is 2.02. The molecule has 0 radical (unpaired) electrons. The molecule has 0 bridgehead atoms. The molecule has 1 fully saturated rings. The maximum Gasteiger partial charge on any atom is 0.239 e. The van der Waals surface area contributed by atoms with Crippen molar-refractivity contribution < 1.29 is 9.59 Å². The van der Waals surface area contributed by atoms with Crippen LogP contribution < -0.4 is 22.1 Å². The van der Waals surface area contributed by atoms with Gasteiger partial charge in [0.05, 0.1) is 6.04 Å². The van der Waals surface area contributed by atoms with Crippen LogP contribution in [0.3, 0.4) is 0 Å². The van der Waals surface area contributed by atoms with Crippen LogP contribution in [0.4, 0.5) is 0 Å². The predicted octanol–water partition coefficient (Wildman–Crippen LogP) is 4.62. The predicted molar refractivity (Wildman–Crippen MR) is 189 cm³/mol. The van der Waals surface area contributed by atoms with E-state index in [4.69, 9.17) is 16.3 Å². The number of nitrogens with two attached hydrogens (primary N) is 2. The Hall–Kier alpha value is -4.53. The smallest absolute Gasteiger partial charge is 0.239 e. The monoisotopic (exact) mass is 620 g/mol. The summed E-state index contributed by atoms with van der Waals surface area (Å²) in [6, 6.07) is 36.1. The fourth-order valence-corrected chi connectivity index (χ4v) is 6.31. The van der Waals surface area contributed by atoms with Crippen LogP contribution in [0.2, 0.25) is 0 Å². The van der Waals surface area contributed by atoms with Crippen molar-refractivity contribution in [2.24, 2.45) is 16.5 Å². The molecule has 6 N–H and O–H groups in total. The number of carbonyl (C=O) groups is 2. The summed E-state index contributed by atoms with van der Waals surface area (Å²) in [6.07, 6.45) is 3.85. The zero-order valence-corrected chi connectivity index (χ0v) is 27.0. The van der Waals surface area contributed by atoms with Gasteiger partial charge < -0.3 is 31.8 Å². The normalized spacial score (nSPS) is 17.1. The number of fused-ring (bicyclic) bond motifs is 1. The lowest BCUT2D eigenvalue weighted by atomic mass is 9.90. The van der Waals surface area contributed by atoms with Gasteiger partial charge in [-0.05, 0) is 67.1 Å². The van der Waals surface area contributed by atoms with Crippen molar-refractivity contribution >= 4 is 28.9 Å². The number of carbonyl (C=O) groups excluding carboxylic acids is 2. The SMILES string of the molecule is CC=O.CN[C@@H](Cc1ccc2ccccc2c1)[C@@H]1CCN(CC(c2ccccc2)c2ccccc2)C(=O)[C@H](CCCN=C(N)N)N1. The zero-order chi connectivity index (χ0) is 32.7. The maximum atomic E-state index is 14.2. The van der Waals surface area contributed by atoms with Crippen molar-refractivity contribution in [1.29, 1.82) is 0 Å². The summed E-state index contributed by atoms with van der Waals surface area (Å²) in [5.41, 5.74) is 14.8. The van der Waals surface area contributed by atoms with Crippen molar-refractivity contribution in [3.8, 4) is 0 Å². The molecular formula is C38H48N6O2. The lowest BCUT2D eigenvalue weighted by Gasteiger charge is -2.30. The Morgan fingerprint density at radius 1 is 0.957 bits per heavy atom. The number of nitrogens with zero attached hydrogens (tertiary/aromatic N) is 2. The second kappa shape index (κ2) is 17.8. The molecular weight excluding hydrogens is 572 g/mol. The van der Waals surface area contributed by atoms with Crippen LogP contribution in [0.1, 0.15) is 48.8 Å². The molecule has 1 saturated heterocycles. The van der Waals surface area contributed by atoms with Gasteiger partial charge in [0.25, 0.3) is 0 Å². The van der Waals surface area contributed by atoms with Gasteiger partial charge in [0.1, 0.15) is 6.29 Å². The van der Waals surface area contributed by atoms with Gasteiger partial charge in [-0.15, -0.1) is 0 Å². The Balaban J connectivity index is 0.00000154. The average Bonchev–Trinajstić information content (AvgIpc) is 3.23. The first-order valence-electron chi connectivity index (χ1n) is 16.2. The molecule has 1 heterocycles. The molecule has 0 aliphatic carbocycles. The van der Waals surface area contributed by atoms with Crippen molar-refractivity contribution in [3.05, 3.63) is 120 Å². The fourth-order valence-electron chi connectivity index (χ4n) is 6.31. The minimum absolute atomic E-state index is 0.0823. The molecule has 4 aromatic rings. The zero-order valence-electron chi connectivity index (χ0n) is 27.0. The van der Waals surface area contributed by atoms with Crippen LogP contribution in [0.25, 0.3) is 10.8 Å². The quantitative estimate of drug-likeness (QED) is 0.0793. The molecule has 1 aliphatic heterocycles. The molecule has 1 aliphatic rings. The lowest BCUT2D eigenvalue weighted by Crippen LogP contribution is -2.53. The molecule has 4 aromatic carbocycles. The highest BCUT2D eigenvalue weighted by atomic mass is 16.2. The van der Waals surface area contributed by atoms with Gasteiger partial charge in [-0.3, -0.25) is 9.79 Å². The summed E-state index contributed by atoms with van der Waals surface area (Å²) in [5.74, 6) is 0.311. The number of rotatable bonds is 12. The van der Waals surface area contributed by atoms with Gasteiger partial charge in [0, 0.05) is 37.6 Å². The summed E-state index contributed by atoms with van der Waals surface area (Å²) >= 11 is 0. The van der Waals surface area contributed by atoms with Gasteiger partial charge in [-0.1, -0.05) is 103 Å². The fraction of sp³-hybridized carbons (Fsp3) is 0.342. The summed E-state index contributed by atoms with van der Waals surface area (Å²) in [5, 5.41) is 9.84. The number of benzene rings is 4. The molecule has 3 atom stereocenters.